The Morgan fingerprint density at radius 2 is 2.07 bits per heavy atom. The zero-order chi connectivity index (χ0) is 22.0. The van der Waals surface area contributed by atoms with Crippen LogP contribution < -0.4 is 4.74 Å². The Kier molecular flexibility index (Phi) is 5.03. The fourth-order valence-corrected chi connectivity index (χ4v) is 4.58. The van der Waals surface area contributed by atoms with Crippen LogP contribution in [0.1, 0.15) is 44.0 Å². The zero-order valence-corrected chi connectivity index (χ0v) is 17.3. The number of aromatic nitrogens is 1. The summed E-state index contributed by atoms with van der Waals surface area (Å²) in [4.78, 5) is 32.3. The molecule has 30 heavy (non-hydrogen) atoms. The number of fused-ring (bicyclic) bond motifs is 5. The second-order valence-corrected chi connectivity index (χ2v) is 9.02. The third kappa shape index (κ3) is 3.44. The van der Waals surface area contributed by atoms with E-state index in [9.17, 15) is 22.8 Å². The first-order valence-corrected chi connectivity index (χ1v) is 9.99. The van der Waals surface area contributed by atoms with Gasteiger partial charge in [0.1, 0.15) is 11.2 Å². The van der Waals surface area contributed by atoms with Crippen molar-refractivity contribution in [3.05, 3.63) is 22.6 Å². The van der Waals surface area contributed by atoms with Crippen LogP contribution in [0.25, 0.3) is 0 Å². The quantitative estimate of drug-likeness (QED) is 0.616. The highest BCUT2D eigenvalue weighted by molar-refractivity contribution is 6.29. The van der Waals surface area contributed by atoms with Crippen LogP contribution in [0.3, 0.4) is 0 Å². The Labute approximate surface area is 176 Å². The number of alkyl halides is 2. The van der Waals surface area contributed by atoms with Gasteiger partial charge in [0.2, 0.25) is 5.88 Å². The van der Waals surface area contributed by atoms with Crippen molar-refractivity contribution in [1.82, 2.24) is 14.8 Å². The lowest BCUT2D eigenvalue weighted by Gasteiger charge is -2.47. The van der Waals surface area contributed by atoms with E-state index in [1.54, 1.807) is 20.8 Å². The number of carbonyl (C=O) groups excluding carboxylic acids is 2. The van der Waals surface area contributed by atoms with Crippen LogP contribution in [-0.2, 0) is 4.74 Å². The number of hydrogen-bond donors (Lipinski definition) is 0. The minimum atomic E-state index is -2.99. The number of rotatable bonds is 1. The summed E-state index contributed by atoms with van der Waals surface area (Å²) in [7, 11) is 0. The largest absolute Gasteiger partial charge is 0.465 e. The van der Waals surface area contributed by atoms with Gasteiger partial charge >= 0.3 is 6.09 Å². The molecule has 2 saturated heterocycles. The molecule has 4 rings (SSSR count). The normalized spacial score (nSPS) is 28.1. The molecule has 11 heteroatoms. The van der Waals surface area contributed by atoms with Crippen LogP contribution in [0.4, 0.5) is 18.0 Å². The SMILES string of the molecule is CC(C)(C)OC(=O)N1[C@@H]2CC[C@H]1[C@H]1[C@H](C(F)F)Oc3nc(Cl)c(F)cc3C(=O)N1C2. The van der Waals surface area contributed by atoms with Gasteiger partial charge < -0.3 is 14.4 Å². The van der Waals surface area contributed by atoms with Crippen LogP contribution >= 0.6 is 11.6 Å². The molecular formula is C19H21ClF3N3O4. The van der Waals surface area contributed by atoms with Crippen LogP contribution in [0.5, 0.6) is 5.88 Å². The van der Waals surface area contributed by atoms with Crippen molar-refractivity contribution < 1.29 is 32.2 Å². The molecule has 2 amide bonds. The maximum Gasteiger partial charge on any atom is 0.410 e. The molecule has 7 nitrogen and oxygen atoms in total. The molecule has 3 aliphatic heterocycles. The monoisotopic (exact) mass is 447 g/mol. The van der Waals surface area contributed by atoms with Gasteiger partial charge in [0, 0.05) is 6.54 Å². The van der Waals surface area contributed by atoms with Crippen molar-refractivity contribution in [2.45, 2.75) is 69.9 Å². The highest BCUT2D eigenvalue weighted by Gasteiger charge is 2.57. The summed E-state index contributed by atoms with van der Waals surface area (Å²) >= 11 is 5.67. The standard InChI is InChI=1S/C19H21ClF3N3O4/c1-19(2,3)30-18(28)26-8-4-5-11(26)12-13(15(22)23)29-16-9(17(27)25(12)7-8)6-10(21)14(20)24-16/h6,8,11-13,15H,4-5,7H2,1-3H3/t8-,11+,12+,13-/m1/s1. The molecule has 2 fully saturated rings. The molecule has 3 aliphatic rings. The summed E-state index contributed by atoms with van der Waals surface area (Å²) in [5.41, 5.74) is -1.03. The van der Waals surface area contributed by atoms with Gasteiger partial charge in [0.05, 0.1) is 18.1 Å². The van der Waals surface area contributed by atoms with Crippen LogP contribution in [0, 0.1) is 5.82 Å². The lowest BCUT2D eigenvalue weighted by Crippen LogP contribution is -2.67. The maximum absolute atomic E-state index is 14.1. The van der Waals surface area contributed by atoms with E-state index in [1.807, 2.05) is 0 Å². The number of halogens is 4. The molecule has 0 spiro atoms. The first-order valence-electron chi connectivity index (χ1n) is 9.61. The van der Waals surface area contributed by atoms with Crippen molar-refractivity contribution in [2.24, 2.45) is 0 Å². The van der Waals surface area contributed by atoms with Gasteiger partial charge in [-0.15, -0.1) is 0 Å². The molecule has 0 aromatic carbocycles. The summed E-state index contributed by atoms with van der Waals surface area (Å²) in [6.45, 7) is 5.15. The van der Waals surface area contributed by atoms with Gasteiger partial charge in [-0.3, -0.25) is 9.69 Å². The smallest absolute Gasteiger partial charge is 0.410 e. The van der Waals surface area contributed by atoms with Crippen molar-refractivity contribution >= 4 is 23.6 Å². The van der Waals surface area contributed by atoms with Gasteiger partial charge in [-0.1, -0.05) is 11.6 Å². The number of piperazine rings is 1. The second-order valence-electron chi connectivity index (χ2n) is 8.66. The number of amides is 2. The second kappa shape index (κ2) is 7.18. The average Bonchev–Trinajstić information content (AvgIpc) is 2.89. The summed E-state index contributed by atoms with van der Waals surface area (Å²) in [6, 6.07) is -1.41. The Balaban J connectivity index is 1.75. The number of ether oxygens (including phenoxy) is 2. The summed E-state index contributed by atoms with van der Waals surface area (Å²) < 4.78 is 53.0. The molecule has 164 valence electrons. The van der Waals surface area contributed by atoms with E-state index >= 15 is 0 Å². The lowest BCUT2D eigenvalue weighted by molar-refractivity contribution is -0.0771. The fourth-order valence-electron chi connectivity index (χ4n) is 4.44. The first kappa shape index (κ1) is 21.0. The van der Waals surface area contributed by atoms with Gasteiger partial charge in [0.25, 0.3) is 12.3 Å². The van der Waals surface area contributed by atoms with E-state index < -0.39 is 65.1 Å². The molecule has 0 N–H and O–H groups in total. The maximum atomic E-state index is 14.1. The molecule has 0 aliphatic carbocycles. The minimum absolute atomic E-state index is 0.00943. The minimum Gasteiger partial charge on any atom is -0.465 e. The van der Waals surface area contributed by atoms with Gasteiger partial charge in [-0.05, 0) is 39.7 Å². The Hall–Kier alpha value is -2.23. The van der Waals surface area contributed by atoms with Gasteiger partial charge in [-0.2, -0.15) is 4.98 Å². The van der Waals surface area contributed by atoms with E-state index in [0.29, 0.717) is 12.8 Å². The molecule has 4 atom stereocenters. The van der Waals surface area contributed by atoms with Crippen LogP contribution in [-0.4, -0.2) is 69.6 Å². The number of pyridine rings is 1. The van der Waals surface area contributed by atoms with Gasteiger partial charge in [0.15, 0.2) is 17.1 Å². The summed E-state index contributed by atoms with van der Waals surface area (Å²) in [6.07, 6.45) is -4.44. The highest BCUT2D eigenvalue weighted by atomic mass is 35.5. The molecule has 1 aromatic rings. The molecule has 4 heterocycles. The molecule has 2 bridgehead atoms. The third-order valence-corrected chi connectivity index (χ3v) is 5.80. The van der Waals surface area contributed by atoms with E-state index in [1.165, 1.54) is 9.80 Å². The Bertz CT molecular complexity index is 895. The first-order chi connectivity index (χ1) is 14.0. The van der Waals surface area contributed by atoms with Crippen LogP contribution in [0.15, 0.2) is 6.07 Å². The predicted molar refractivity (Wildman–Crippen MR) is 99.3 cm³/mol. The van der Waals surface area contributed by atoms with Crippen molar-refractivity contribution in [2.75, 3.05) is 6.54 Å². The molecular weight excluding hydrogens is 427 g/mol. The van der Waals surface area contributed by atoms with Crippen LogP contribution in [0.2, 0.25) is 5.15 Å². The van der Waals surface area contributed by atoms with Gasteiger partial charge in [-0.25, -0.2) is 18.0 Å². The van der Waals surface area contributed by atoms with Crippen molar-refractivity contribution in [3.8, 4) is 5.88 Å². The lowest BCUT2D eigenvalue weighted by atomic mass is 9.97. The van der Waals surface area contributed by atoms with E-state index in [-0.39, 0.29) is 12.1 Å². The topological polar surface area (TPSA) is 72.0 Å². The average molecular weight is 448 g/mol. The summed E-state index contributed by atoms with van der Waals surface area (Å²) in [5, 5.41) is -0.577. The molecule has 0 unspecified atom stereocenters. The molecule has 1 aromatic heterocycles. The predicted octanol–water partition coefficient (Wildman–Crippen LogP) is 3.49. The number of nitrogens with zero attached hydrogens (tertiary/aromatic N) is 3. The highest BCUT2D eigenvalue weighted by Crippen LogP contribution is 2.42. The van der Waals surface area contributed by atoms with Crippen molar-refractivity contribution in [3.63, 3.8) is 0 Å². The fraction of sp³-hybridized carbons (Fsp3) is 0.632. The zero-order valence-electron chi connectivity index (χ0n) is 16.6. The molecule has 0 radical (unpaired) electrons. The molecule has 0 saturated carbocycles. The Morgan fingerprint density at radius 3 is 2.70 bits per heavy atom. The Morgan fingerprint density at radius 1 is 1.37 bits per heavy atom. The van der Waals surface area contributed by atoms with E-state index in [2.05, 4.69) is 4.98 Å². The number of hydrogen-bond acceptors (Lipinski definition) is 5. The van der Waals surface area contributed by atoms with E-state index in [0.717, 1.165) is 6.07 Å². The van der Waals surface area contributed by atoms with E-state index in [4.69, 9.17) is 21.1 Å². The number of carbonyl (C=O) groups is 2. The third-order valence-electron chi connectivity index (χ3n) is 5.53. The summed E-state index contributed by atoms with van der Waals surface area (Å²) in [5.74, 6) is -2.07. The van der Waals surface area contributed by atoms with Crippen molar-refractivity contribution in [1.29, 1.82) is 0 Å².